The summed E-state index contributed by atoms with van der Waals surface area (Å²) in [6.07, 6.45) is 20.6. The quantitative estimate of drug-likeness (QED) is 0.114. The van der Waals surface area contributed by atoms with Gasteiger partial charge in [0.2, 0.25) is 6.10 Å². The van der Waals surface area contributed by atoms with Crippen molar-refractivity contribution in [2.75, 3.05) is 6.61 Å². The molecule has 1 aliphatic heterocycles. The Morgan fingerprint density at radius 3 is 1.25 bits per heavy atom. The zero-order valence-corrected chi connectivity index (χ0v) is 53.5. The van der Waals surface area contributed by atoms with Crippen molar-refractivity contribution in [1.82, 2.24) is 0 Å². The van der Waals surface area contributed by atoms with E-state index in [1.54, 1.807) is 13.8 Å². The van der Waals surface area contributed by atoms with Crippen LogP contribution in [0.4, 0.5) is 4.79 Å². The smallest absolute Gasteiger partial charge is 0.463 e. The van der Waals surface area contributed by atoms with Crippen LogP contribution < -0.4 is 0 Å². The Morgan fingerprint density at radius 2 is 0.877 bits per heavy atom. The molecule has 5 atom stereocenters. The molecule has 13 fully saturated rings. The molecule has 5 unspecified atom stereocenters. The van der Waals surface area contributed by atoms with Gasteiger partial charge in [0.05, 0.1) is 33.9 Å². The lowest BCUT2D eigenvalue weighted by Crippen LogP contribution is -2.63. The maximum atomic E-state index is 12.8. The van der Waals surface area contributed by atoms with E-state index in [1.165, 1.54) is 38.5 Å². The summed E-state index contributed by atoms with van der Waals surface area (Å²) in [6.45, 7) is 34.1. The Hall–Kier alpha value is -3.42. The average molecular weight is 1140 g/mol. The molecule has 12 aliphatic carbocycles. The number of ether oxygens (including phenoxy) is 7. The highest BCUT2D eigenvalue weighted by Crippen LogP contribution is 2.64. The van der Waals surface area contributed by atoms with Crippen LogP contribution in [-0.4, -0.2) is 87.4 Å². The van der Waals surface area contributed by atoms with Crippen LogP contribution in [0.1, 0.15) is 265 Å². The van der Waals surface area contributed by atoms with E-state index in [-0.39, 0.29) is 40.5 Å². The number of hydrogen-bond acceptors (Lipinski definition) is 14. The highest BCUT2D eigenvalue weighted by Gasteiger charge is 2.64. The molecule has 12 bridgehead atoms. The lowest BCUT2D eigenvalue weighted by atomic mass is 9.47. The van der Waals surface area contributed by atoms with Gasteiger partial charge in [0.15, 0.2) is 0 Å². The molecule has 0 aromatic heterocycles. The predicted molar refractivity (Wildman–Crippen MR) is 309 cm³/mol. The molecule has 1 heterocycles. The molecule has 0 radical (unpaired) electrons. The fourth-order valence-electron chi connectivity index (χ4n) is 16.6. The number of carbonyl (C=O) groups excluding carboxylic acids is 6. The van der Waals surface area contributed by atoms with Gasteiger partial charge in [-0.05, 0) is 251 Å². The van der Waals surface area contributed by atoms with E-state index in [0.717, 1.165) is 95.3 Å². The van der Waals surface area contributed by atoms with E-state index in [1.807, 2.05) is 83.1 Å². The average Bonchev–Trinajstić information content (AvgIpc) is 3.76. The van der Waals surface area contributed by atoms with E-state index >= 15 is 0 Å². The minimum atomic E-state index is -0.687. The second-order valence-corrected chi connectivity index (χ2v) is 31.5. The van der Waals surface area contributed by atoms with Crippen molar-refractivity contribution in [1.29, 1.82) is 0 Å². The molecule has 13 aliphatic rings. The Morgan fingerprint density at radius 1 is 0.506 bits per heavy atom. The Kier molecular flexibility index (Phi) is 19.1. The minimum Gasteiger partial charge on any atom is -0.463 e. The molecular formula is C67H110O14. The van der Waals surface area contributed by atoms with Crippen molar-refractivity contribution in [3.8, 4) is 0 Å². The van der Waals surface area contributed by atoms with E-state index < -0.39 is 56.9 Å². The molecule has 0 aromatic carbocycles. The van der Waals surface area contributed by atoms with Gasteiger partial charge in [-0.15, -0.1) is 0 Å². The lowest BCUT2D eigenvalue weighted by Gasteiger charge is -2.62. The normalized spacial score (nSPS) is 36.7. The van der Waals surface area contributed by atoms with Crippen LogP contribution in [0.25, 0.3) is 0 Å². The van der Waals surface area contributed by atoms with Gasteiger partial charge >= 0.3 is 36.0 Å². The van der Waals surface area contributed by atoms with E-state index in [9.17, 15) is 33.9 Å². The molecule has 462 valence electrons. The van der Waals surface area contributed by atoms with Crippen LogP contribution in [0, 0.1) is 74.9 Å². The largest absolute Gasteiger partial charge is 0.509 e. The molecule has 0 amide bonds. The molecule has 81 heavy (non-hydrogen) atoms. The summed E-state index contributed by atoms with van der Waals surface area (Å²) in [6, 6.07) is 0. The number of esters is 5. The Labute approximate surface area is 487 Å². The van der Waals surface area contributed by atoms with Crippen LogP contribution in [0.3, 0.4) is 0 Å². The van der Waals surface area contributed by atoms with Crippen molar-refractivity contribution in [3.05, 3.63) is 0 Å². The summed E-state index contributed by atoms with van der Waals surface area (Å²) in [4.78, 5) is 73.0. The van der Waals surface area contributed by atoms with Gasteiger partial charge in [-0.3, -0.25) is 19.2 Å². The van der Waals surface area contributed by atoms with Gasteiger partial charge in [-0.2, -0.15) is 0 Å². The number of rotatable bonds is 16. The first-order valence-electron chi connectivity index (χ1n) is 32.2. The van der Waals surface area contributed by atoms with Crippen LogP contribution in [0.2, 0.25) is 0 Å². The maximum Gasteiger partial charge on any atom is 0.509 e. The van der Waals surface area contributed by atoms with E-state index in [0.29, 0.717) is 73.7 Å². The summed E-state index contributed by atoms with van der Waals surface area (Å²) in [7, 11) is 0. The first-order chi connectivity index (χ1) is 37.4. The van der Waals surface area contributed by atoms with Crippen LogP contribution in [0.15, 0.2) is 0 Å². The first-order valence-corrected chi connectivity index (χ1v) is 32.2. The van der Waals surface area contributed by atoms with Crippen LogP contribution in [-0.2, 0) is 57.1 Å². The van der Waals surface area contributed by atoms with Crippen molar-refractivity contribution in [2.24, 2.45) is 74.9 Å². The van der Waals surface area contributed by atoms with Crippen molar-refractivity contribution in [3.63, 3.8) is 0 Å². The molecule has 14 nitrogen and oxygen atoms in total. The second-order valence-electron chi connectivity index (χ2n) is 31.5. The molecule has 0 aromatic rings. The molecular weight excluding hydrogens is 1030 g/mol. The summed E-state index contributed by atoms with van der Waals surface area (Å²) in [5, 5.41) is 10.6. The fraction of sp³-hybridized carbons (Fsp3) is 0.910. The van der Waals surface area contributed by atoms with Crippen LogP contribution >= 0.6 is 0 Å². The van der Waals surface area contributed by atoms with Crippen molar-refractivity contribution in [2.45, 2.75) is 305 Å². The second kappa shape index (κ2) is 23.8. The minimum absolute atomic E-state index is 0.0335. The predicted octanol–water partition coefficient (Wildman–Crippen LogP) is 14.5. The third kappa shape index (κ3) is 14.3. The SMILES string of the molecule is CCC(C)(C)C(=O)OC1(C(C)C)C2CC3CC(C2)CC1C3.CCC(C)(C)C(=O)OC12CC3CC(CC(O)(C3)C1)C2.CCC(C)(C)C(=O)OC1CCOC1=O.CCC(C)(C)OC(=O)OC12CC3CC(C1)CC(OC(=O)C(C)(C)CC)(C3)C2. The summed E-state index contributed by atoms with van der Waals surface area (Å²) >= 11 is 0. The van der Waals surface area contributed by atoms with Crippen molar-refractivity contribution < 1.29 is 67.0 Å². The summed E-state index contributed by atoms with van der Waals surface area (Å²) in [5.41, 5.74) is -4.41. The lowest BCUT2D eigenvalue weighted by molar-refractivity contribution is -0.232. The summed E-state index contributed by atoms with van der Waals surface area (Å²) in [5.74, 6) is 4.59. The van der Waals surface area contributed by atoms with E-state index in [4.69, 9.17) is 33.2 Å². The standard InChI is InChI=1S/C22H36O5.C19H32O2.C16H26O3.C10H16O4/c1-7-19(3,4)17(23)25-21-10-15-9-16(11-21)13-22(12-15,14-21)27-18(24)26-20(5,6)8-2;1-6-18(4,5)17(20)21-19(12(2)3)15-8-13-7-14(10-15)11-16(19)9-13;1-4-14(2,3)13(17)19-16-8-11-5-12(9-16)7-15(18,6-11)10-16;1-4-10(2,3)9(12)14-7-5-6-13-8(7)11/h15-16H,7-14H2,1-6H3;12-16H,6-11H2,1-5H3;11-12,18H,4-10H2,1-3H3;7H,4-6H2,1-3H3. The van der Waals surface area contributed by atoms with Gasteiger partial charge < -0.3 is 38.3 Å². The molecule has 1 saturated heterocycles. The number of hydrogen-bond donors (Lipinski definition) is 1. The third-order valence-corrected chi connectivity index (χ3v) is 22.5. The van der Waals surface area contributed by atoms with Gasteiger partial charge in [0.25, 0.3) is 0 Å². The third-order valence-electron chi connectivity index (χ3n) is 22.5. The number of cyclic esters (lactones) is 1. The molecule has 14 heteroatoms. The van der Waals surface area contributed by atoms with Gasteiger partial charge in [-0.1, -0.05) is 48.5 Å². The zero-order valence-electron chi connectivity index (χ0n) is 53.5. The molecule has 12 saturated carbocycles. The summed E-state index contributed by atoms with van der Waals surface area (Å²) < 4.78 is 39.8. The zero-order chi connectivity index (χ0) is 60.2. The molecule has 13 rings (SSSR count). The Bertz CT molecular complexity index is 2230. The van der Waals surface area contributed by atoms with Crippen molar-refractivity contribution >= 4 is 36.0 Å². The number of aliphatic hydroxyl groups is 1. The van der Waals surface area contributed by atoms with E-state index in [2.05, 4.69) is 20.8 Å². The number of carbonyl (C=O) groups is 6. The van der Waals surface area contributed by atoms with Gasteiger partial charge in [-0.25, -0.2) is 9.59 Å². The fourth-order valence-corrected chi connectivity index (χ4v) is 16.6. The van der Waals surface area contributed by atoms with Gasteiger partial charge in [0, 0.05) is 19.3 Å². The highest BCUT2D eigenvalue weighted by molar-refractivity contribution is 5.83. The first kappa shape index (κ1) is 65.1. The Balaban J connectivity index is 0.000000160. The van der Waals surface area contributed by atoms with Gasteiger partial charge in [0.1, 0.15) is 28.0 Å². The van der Waals surface area contributed by atoms with Crippen LogP contribution in [0.5, 0.6) is 0 Å². The topological polar surface area (TPSA) is 187 Å². The maximum absolute atomic E-state index is 12.8. The molecule has 1 N–H and O–H groups in total. The monoisotopic (exact) mass is 1140 g/mol. The molecule has 0 spiro atoms. The highest BCUT2D eigenvalue weighted by atomic mass is 16.7.